The predicted octanol–water partition coefficient (Wildman–Crippen LogP) is 5.41. The van der Waals surface area contributed by atoms with Crippen LogP contribution in [0.4, 0.5) is 4.39 Å². The Balaban J connectivity index is 1.16. The van der Waals surface area contributed by atoms with Gasteiger partial charge in [-0.1, -0.05) is 17.7 Å². The molecule has 2 unspecified atom stereocenters. The van der Waals surface area contributed by atoms with Crippen molar-refractivity contribution in [3.8, 4) is 17.1 Å². The Morgan fingerprint density at radius 1 is 1.07 bits per heavy atom. The SMILES string of the molecule is O=C(O)c1ccc2nc(C3CC3c3cc(-c4nccnc4OCc4ccc(Cl)cc4F)ccn3)n(C[C@@H]3CCO3)c2n1. The van der Waals surface area contributed by atoms with Crippen LogP contribution in [0.3, 0.4) is 0 Å². The molecule has 1 aliphatic carbocycles. The molecule has 2 aliphatic rings. The van der Waals surface area contributed by atoms with E-state index in [1.807, 2.05) is 16.7 Å². The Labute approximate surface area is 244 Å². The molecule has 3 atom stereocenters. The molecule has 1 saturated heterocycles. The molecule has 12 heteroatoms. The summed E-state index contributed by atoms with van der Waals surface area (Å²) < 4.78 is 27.9. The number of carboxylic acid groups (broad SMARTS) is 1. The third-order valence-electron chi connectivity index (χ3n) is 7.62. The van der Waals surface area contributed by atoms with E-state index < -0.39 is 11.8 Å². The molecule has 1 N–H and O–H groups in total. The van der Waals surface area contributed by atoms with Crippen molar-refractivity contribution in [3.05, 3.63) is 94.7 Å². The third-order valence-corrected chi connectivity index (χ3v) is 7.86. The summed E-state index contributed by atoms with van der Waals surface area (Å²) in [5.74, 6) is -0.225. The van der Waals surface area contributed by atoms with E-state index in [1.165, 1.54) is 18.3 Å². The topological polar surface area (TPSA) is 125 Å². The number of ether oxygens (including phenoxy) is 2. The highest BCUT2D eigenvalue weighted by Crippen LogP contribution is 2.54. The summed E-state index contributed by atoms with van der Waals surface area (Å²) in [7, 11) is 0. The molecular weight excluding hydrogens is 563 g/mol. The van der Waals surface area contributed by atoms with Crippen LogP contribution in [0.2, 0.25) is 5.02 Å². The van der Waals surface area contributed by atoms with Crippen molar-refractivity contribution in [1.82, 2.24) is 29.5 Å². The Bertz CT molecular complexity index is 1830. The van der Waals surface area contributed by atoms with Gasteiger partial charge in [-0.05, 0) is 49.2 Å². The largest absolute Gasteiger partial charge is 0.477 e. The maximum absolute atomic E-state index is 14.3. The molecule has 2 fully saturated rings. The molecular formula is C30H24ClFN6O4. The minimum absolute atomic E-state index is 0.0211. The summed E-state index contributed by atoms with van der Waals surface area (Å²) in [5.41, 5.74) is 3.70. The Morgan fingerprint density at radius 3 is 2.71 bits per heavy atom. The molecule has 0 bridgehead atoms. The molecule has 1 aromatic carbocycles. The van der Waals surface area contributed by atoms with Crippen molar-refractivity contribution in [2.45, 2.75) is 43.9 Å². The van der Waals surface area contributed by atoms with Gasteiger partial charge in [0.25, 0.3) is 0 Å². The van der Waals surface area contributed by atoms with Crippen molar-refractivity contribution < 1.29 is 23.8 Å². The third kappa shape index (κ3) is 5.05. The molecule has 0 radical (unpaired) electrons. The van der Waals surface area contributed by atoms with Gasteiger partial charge in [0.1, 0.15) is 29.5 Å². The molecule has 10 nitrogen and oxygen atoms in total. The molecule has 0 spiro atoms. The first-order valence-corrected chi connectivity index (χ1v) is 13.9. The molecule has 1 saturated carbocycles. The molecule has 5 heterocycles. The number of fused-ring (bicyclic) bond motifs is 1. The van der Waals surface area contributed by atoms with Gasteiger partial charge in [0, 0.05) is 58.9 Å². The molecule has 0 amide bonds. The quantitative estimate of drug-likeness (QED) is 0.241. The van der Waals surface area contributed by atoms with Gasteiger partial charge in [-0.15, -0.1) is 0 Å². The number of carbonyl (C=O) groups is 1. The zero-order chi connectivity index (χ0) is 28.8. The zero-order valence-corrected chi connectivity index (χ0v) is 22.9. The number of pyridine rings is 2. The summed E-state index contributed by atoms with van der Waals surface area (Å²) >= 11 is 5.87. The second-order valence-electron chi connectivity index (χ2n) is 10.4. The highest BCUT2D eigenvalue weighted by molar-refractivity contribution is 6.30. The number of hydrogen-bond donors (Lipinski definition) is 1. The molecule has 212 valence electrons. The normalized spacial score (nSPS) is 19.4. The average Bonchev–Trinajstić information content (AvgIpc) is 3.69. The van der Waals surface area contributed by atoms with Gasteiger partial charge in [0.2, 0.25) is 5.88 Å². The van der Waals surface area contributed by atoms with Gasteiger partial charge in [0.15, 0.2) is 11.3 Å². The van der Waals surface area contributed by atoms with E-state index in [2.05, 4.69) is 19.9 Å². The second kappa shape index (κ2) is 10.7. The Morgan fingerprint density at radius 2 is 1.93 bits per heavy atom. The summed E-state index contributed by atoms with van der Waals surface area (Å²) in [4.78, 5) is 34.3. The number of carboxylic acids is 1. The summed E-state index contributed by atoms with van der Waals surface area (Å²) in [6.45, 7) is 1.24. The summed E-state index contributed by atoms with van der Waals surface area (Å²) in [6, 6.07) is 11.4. The van der Waals surface area contributed by atoms with Crippen LogP contribution in [0.5, 0.6) is 5.88 Å². The highest BCUT2D eigenvalue weighted by atomic mass is 35.5. The Hall–Kier alpha value is -4.48. The van der Waals surface area contributed by atoms with Crippen LogP contribution < -0.4 is 4.74 Å². The van der Waals surface area contributed by atoms with Gasteiger partial charge in [-0.3, -0.25) is 4.98 Å². The molecule has 5 aromatic rings. The number of imidazole rings is 1. The van der Waals surface area contributed by atoms with E-state index in [1.54, 1.807) is 30.6 Å². The fourth-order valence-electron chi connectivity index (χ4n) is 5.25. The number of halogens is 2. The lowest BCUT2D eigenvalue weighted by molar-refractivity contribution is -0.0590. The van der Waals surface area contributed by atoms with E-state index in [4.69, 9.17) is 26.1 Å². The summed E-state index contributed by atoms with van der Waals surface area (Å²) in [5, 5.41) is 9.79. The van der Waals surface area contributed by atoms with Gasteiger partial charge in [0.05, 0.1) is 12.6 Å². The van der Waals surface area contributed by atoms with E-state index >= 15 is 0 Å². The minimum atomic E-state index is -1.08. The monoisotopic (exact) mass is 586 g/mol. The number of benzene rings is 1. The number of aromatic carboxylic acids is 1. The second-order valence-corrected chi connectivity index (χ2v) is 10.8. The first-order valence-electron chi connectivity index (χ1n) is 13.5. The zero-order valence-electron chi connectivity index (χ0n) is 22.2. The van der Waals surface area contributed by atoms with Crippen molar-refractivity contribution in [2.24, 2.45) is 0 Å². The van der Waals surface area contributed by atoms with Crippen LogP contribution in [-0.4, -0.2) is 53.3 Å². The van der Waals surface area contributed by atoms with Crippen LogP contribution in [-0.2, 0) is 17.9 Å². The lowest BCUT2D eigenvalue weighted by Gasteiger charge is -2.27. The maximum Gasteiger partial charge on any atom is 0.354 e. The number of hydrogen-bond acceptors (Lipinski definition) is 8. The van der Waals surface area contributed by atoms with Crippen LogP contribution in [0.15, 0.2) is 61.1 Å². The fourth-order valence-corrected chi connectivity index (χ4v) is 5.41. The number of aromatic nitrogens is 6. The van der Waals surface area contributed by atoms with Crippen molar-refractivity contribution in [2.75, 3.05) is 6.61 Å². The van der Waals surface area contributed by atoms with Gasteiger partial charge >= 0.3 is 5.97 Å². The van der Waals surface area contributed by atoms with Gasteiger partial charge in [-0.25, -0.2) is 29.1 Å². The predicted molar refractivity (Wildman–Crippen MR) is 150 cm³/mol. The van der Waals surface area contributed by atoms with Crippen molar-refractivity contribution >= 4 is 28.7 Å². The smallest absolute Gasteiger partial charge is 0.354 e. The average molecular weight is 587 g/mol. The van der Waals surface area contributed by atoms with Crippen molar-refractivity contribution in [3.63, 3.8) is 0 Å². The van der Waals surface area contributed by atoms with E-state index in [0.29, 0.717) is 40.6 Å². The lowest BCUT2D eigenvalue weighted by Crippen LogP contribution is -2.31. The van der Waals surface area contributed by atoms with E-state index in [-0.39, 0.29) is 36.1 Å². The first-order chi connectivity index (χ1) is 20.4. The van der Waals surface area contributed by atoms with Crippen LogP contribution in [0.1, 0.15) is 52.2 Å². The first kappa shape index (κ1) is 26.4. The van der Waals surface area contributed by atoms with E-state index in [0.717, 1.165) is 29.9 Å². The van der Waals surface area contributed by atoms with Crippen LogP contribution in [0.25, 0.3) is 22.4 Å². The lowest BCUT2D eigenvalue weighted by atomic mass is 10.1. The highest BCUT2D eigenvalue weighted by Gasteiger charge is 2.44. The minimum Gasteiger partial charge on any atom is -0.477 e. The molecule has 4 aromatic heterocycles. The standard InChI is InChI=1S/C30H24ClFN6O4/c31-18-2-1-17(22(32)12-18)15-42-29-26(34-8-9-35-29)16-5-7-33-25(11-16)20-13-21(20)27-36-23-3-4-24(30(39)40)37-28(23)38(27)14-19-6-10-41-19/h1-5,7-9,11-12,19-21H,6,10,13-15H2,(H,39,40)/t19-,20?,21?/m0/s1. The molecule has 1 aliphatic heterocycles. The van der Waals surface area contributed by atoms with Crippen molar-refractivity contribution in [1.29, 1.82) is 0 Å². The summed E-state index contributed by atoms with van der Waals surface area (Å²) in [6.07, 6.45) is 6.64. The molecule has 42 heavy (non-hydrogen) atoms. The van der Waals surface area contributed by atoms with Gasteiger partial charge in [-0.2, -0.15) is 0 Å². The fraction of sp³-hybridized carbons (Fsp3) is 0.267. The van der Waals surface area contributed by atoms with Crippen LogP contribution >= 0.6 is 11.6 Å². The number of rotatable bonds is 9. The Kier molecular flexibility index (Phi) is 6.75. The maximum atomic E-state index is 14.3. The molecule has 7 rings (SSSR count). The van der Waals surface area contributed by atoms with Crippen LogP contribution in [0, 0.1) is 5.82 Å². The number of nitrogens with zero attached hydrogens (tertiary/aromatic N) is 6. The van der Waals surface area contributed by atoms with Gasteiger partial charge < -0.3 is 19.1 Å². The van der Waals surface area contributed by atoms with E-state index in [9.17, 15) is 14.3 Å².